The number of nitrogens with zero attached hydrogens (tertiary/aromatic N) is 1. The molecule has 1 atom stereocenters. The van der Waals surface area contributed by atoms with Crippen LogP contribution in [-0.2, 0) is 10.0 Å². The number of hydrogen-bond donors (Lipinski definition) is 2. The van der Waals surface area contributed by atoms with Crippen molar-refractivity contribution in [2.75, 3.05) is 18.9 Å². The topological polar surface area (TPSA) is 101 Å². The Kier molecular flexibility index (Phi) is 5.68. The molecule has 1 aromatic carbocycles. The molecule has 0 amide bonds. The number of rotatable bonds is 7. The summed E-state index contributed by atoms with van der Waals surface area (Å²) in [5.41, 5.74) is 0.0663. The van der Waals surface area contributed by atoms with Gasteiger partial charge in [0.15, 0.2) is 4.90 Å². The minimum atomic E-state index is -3.93. The quantitative estimate of drug-likeness (QED) is 0.593. The van der Waals surface area contributed by atoms with Crippen LogP contribution in [0.2, 0.25) is 0 Å². The summed E-state index contributed by atoms with van der Waals surface area (Å²) >= 11 is 0. The molecule has 1 rings (SSSR count). The van der Waals surface area contributed by atoms with Gasteiger partial charge in [-0.1, -0.05) is 20.8 Å². The third kappa shape index (κ3) is 4.40. The summed E-state index contributed by atoms with van der Waals surface area (Å²) in [6.45, 7) is 6.14. The fourth-order valence-corrected chi connectivity index (χ4v) is 2.93. The molecule has 0 aliphatic rings. The summed E-state index contributed by atoms with van der Waals surface area (Å²) in [6, 6.07) is 3.92. The zero-order valence-corrected chi connectivity index (χ0v) is 13.4. The Labute approximate surface area is 124 Å². The number of nitrogens with one attached hydrogen (secondary N) is 2. The van der Waals surface area contributed by atoms with Gasteiger partial charge in [0, 0.05) is 25.3 Å². The number of nitro groups is 1. The lowest BCUT2D eigenvalue weighted by Gasteiger charge is -2.16. The van der Waals surface area contributed by atoms with Crippen LogP contribution in [0.1, 0.15) is 20.8 Å². The van der Waals surface area contributed by atoms with Crippen molar-refractivity contribution in [3.8, 4) is 0 Å². The Morgan fingerprint density at radius 2 is 1.90 bits per heavy atom. The van der Waals surface area contributed by atoms with Crippen LogP contribution in [0.25, 0.3) is 0 Å². The second-order valence-corrected chi connectivity index (χ2v) is 7.00. The summed E-state index contributed by atoms with van der Waals surface area (Å²) in [6.07, 6.45) is 0. The van der Waals surface area contributed by atoms with E-state index in [2.05, 4.69) is 10.0 Å². The molecule has 2 N–H and O–H groups in total. The summed E-state index contributed by atoms with van der Waals surface area (Å²) < 4.78 is 27.1. The summed E-state index contributed by atoms with van der Waals surface area (Å²) in [5.74, 6) is 0.442. The van der Waals surface area contributed by atoms with Crippen molar-refractivity contribution in [3.05, 3.63) is 28.3 Å². The summed E-state index contributed by atoms with van der Waals surface area (Å²) in [7, 11) is -2.31. The lowest BCUT2D eigenvalue weighted by atomic mass is 9.99. The van der Waals surface area contributed by atoms with Crippen LogP contribution in [0.3, 0.4) is 0 Å². The van der Waals surface area contributed by atoms with Crippen molar-refractivity contribution in [1.82, 2.24) is 4.72 Å². The molecule has 0 saturated carbocycles. The van der Waals surface area contributed by atoms with E-state index in [1.165, 1.54) is 18.2 Å². The van der Waals surface area contributed by atoms with Crippen molar-refractivity contribution in [2.45, 2.75) is 25.7 Å². The Morgan fingerprint density at radius 3 is 2.38 bits per heavy atom. The van der Waals surface area contributed by atoms with E-state index < -0.39 is 20.6 Å². The molecule has 0 aromatic heterocycles. The molecule has 0 fully saturated rings. The van der Waals surface area contributed by atoms with Gasteiger partial charge >= 0.3 is 0 Å². The Morgan fingerprint density at radius 1 is 1.29 bits per heavy atom. The molecule has 0 bridgehead atoms. The van der Waals surface area contributed by atoms with E-state index in [4.69, 9.17) is 0 Å². The fourth-order valence-electron chi connectivity index (χ4n) is 1.59. The standard InChI is InChI=1S/C13H21N3O4S/c1-9(2)10(3)8-15-21(19,20)13-7-11(14-4)5-6-12(13)16(17)18/h5-7,9-10,14-15H,8H2,1-4H3. The molecule has 7 nitrogen and oxygen atoms in total. The van der Waals surface area contributed by atoms with E-state index in [-0.39, 0.29) is 17.4 Å². The van der Waals surface area contributed by atoms with Crippen molar-refractivity contribution in [2.24, 2.45) is 11.8 Å². The average molecular weight is 315 g/mol. The van der Waals surface area contributed by atoms with Gasteiger partial charge in [-0.05, 0) is 24.0 Å². The first kappa shape index (κ1) is 17.4. The van der Waals surface area contributed by atoms with Crippen molar-refractivity contribution < 1.29 is 13.3 Å². The van der Waals surface area contributed by atoms with Gasteiger partial charge in [0.2, 0.25) is 10.0 Å². The van der Waals surface area contributed by atoms with Crippen LogP contribution in [0.5, 0.6) is 0 Å². The number of sulfonamides is 1. The monoisotopic (exact) mass is 315 g/mol. The second-order valence-electron chi connectivity index (χ2n) is 5.26. The SMILES string of the molecule is CNc1ccc([N+](=O)[O-])c(S(=O)(=O)NCC(C)C(C)C)c1. The van der Waals surface area contributed by atoms with E-state index >= 15 is 0 Å². The van der Waals surface area contributed by atoms with Crippen LogP contribution < -0.4 is 10.0 Å². The number of anilines is 1. The Balaban J connectivity index is 3.14. The van der Waals surface area contributed by atoms with Gasteiger partial charge in [-0.25, -0.2) is 13.1 Å². The van der Waals surface area contributed by atoms with Gasteiger partial charge in [0.05, 0.1) is 4.92 Å². The number of nitro benzene ring substituents is 1. The average Bonchev–Trinajstić information content (AvgIpc) is 2.43. The smallest absolute Gasteiger partial charge is 0.289 e. The van der Waals surface area contributed by atoms with Crippen molar-refractivity contribution in [1.29, 1.82) is 0 Å². The summed E-state index contributed by atoms with van der Waals surface area (Å²) in [4.78, 5) is 9.99. The first-order valence-corrected chi connectivity index (χ1v) is 8.13. The maximum Gasteiger partial charge on any atom is 0.289 e. The maximum absolute atomic E-state index is 12.3. The zero-order valence-electron chi connectivity index (χ0n) is 12.6. The minimum absolute atomic E-state index is 0.131. The molecule has 0 aliphatic carbocycles. The molecule has 8 heteroatoms. The van der Waals surface area contributed by atoms with E-state index in [1.807, 2.05) is 20.8 Å². The molecule has 1 aromatic rings. The highest BCUT2D eigenvalue weighted by Gasteiger charge is 2.26. The lowest BCUT2D eigenvalue weighted by Crippen LogP contribution is -2.30. The molecule has 21 heavy (non-hydrogen) atoms. The largest absolute Gasteiger partial charge is 0.388 e. The number of hydrogen-bond acceptors (Lipinski definition) is 5. The van der Waals surface area contributed by atoms with Crippen LogP contribution in [-0.4, -0.2) is 26.9 Å². The molecule has 0 aliphatic heterocycles. The van der Waals surface area contributed by atoms with Crippen LogP contribution in [0, 0.1) is 22.0 Å². The fraction of sp³-hybridized carbons (Fsp3) is 0.538. The third-order valence-corrected chi connectivity index (χ3v) is 4.92. The Bertz CT molecular complexity index is 614. The highest BCUT2D eigenvalue weighted by atomic mass is 32.2. The molecule has 0 spiro atoms. The predicted molar refractivity (Wildman–Crippen MR) is 81.8 cm³/mol. The normalized spacial score (nSPS) is 13.2. The van der Waals surface area contributed by atoms with E-state index in [0.717, 1.165) is 0 Å². The van der Waals surface area contributed by atoms with Gasteiger partial charge in [-0.2, -0.15) is 0 Å². The minimum Gasteiger partial charge on any atom is -0.388 e. The third-order valence-electron chi connectivity index (χ3n) is 3.47. The maximum atomic E-state index is 12.3. The highest BCUT2D eigenvalue weighted by molar-refractivity contribution is 7.89. The van der Waals surface area contributed by atoms with E-state index in [1.54, 1.807) is 7.05 Å². The second kappa shape index (κ2) is 6.86. The van der Waals surface area contributed by atoms with Gasteiger partial charge in [-0.15, -0.1) is 0 Å². The van der Waals surface area contributed by atoms with Gasteiger partial charge in [0.1, 0.15) is 0 Å². The molecule has 0 heterocycles. The molecule has 1 unspecified atom stereocenters. The van der Waals surface area contributed by atoms with E-state index in [9.17, 15) is 18.5 Å². The van der Waals surface area contributed by atoms with Gasteiger partial charge < -0.3 is 5.32 Å². The first-order chi connectivity index (χ1) is 9.69. The van der Waals surface area contributed by atoms with Crippen LogP contribution >= 0.6 is 0 Å². The molecular formula is C13H21N3O4S. The molecule has 118 valence electrons. The molecular weight excluding hydrogens is 294 g/mol. The summed E-state index contributed by atoms with van der Waals surface area (Å²) in [5, 5.41) is 13.8. The lowest BCUT2D eigenvalue weighted by molar-refractivity contribution is -0.387. The van der Waals surface area contributed by atoms with E-state index in [0.29, 0.717) is 11.6 Å². The zero-order chi connectivity index (χ0) is 16.2. The highest BCUT2D eigenvalue weighted by Crippen LogP contribution is 2.27. The van der Waals surface area contributed by atoms with Gasteiger partial charge in [-0.3, -0.25) is 10.1 Å². The van der Waals surface area contributed by atoms with Crippen LogP contribution in [0.4, 0.5) is 11.4 Å². The molecule has 0 radical (unpaired) electrons. The Hall–Kier alpha value is -1.67. The number of benzene rings is 1. The predicted octanol–water partition coefficient (Wildman–Crippen LogP) is 2.21. The van der Waals surface area contributed by atoms with Crippen LogP contribution in [0.15, 0.2) is 23.1 Å². The molecule has 0 saturated heterocycles. The first-order valence-electron chi connectivity index (χ1n) is 6.65. The van der Waals surface area contributed by atoms with Gasteiger partial charge in [0.25, 0.3) is 5.69 Å². The van der Waals surface area contributed by atoms with Crippen molar-refractivity contribution >= 4 is 21.4 Å². The van der Waals surface area contributed by atoms with Crippen molar-refractivity contribution in [3.63, 3.8) is 0 Å².